The molecule has 6 heteroatoms. The number of benzene rings is 2. The molecule has 1 aliphatic heterocycles. The average Bonchev–Trinajstić information content (AvgIpc) is 2.69. The van der Waals surface area contributed by atoms with Crippen LogP contribution >= 0.6 is 0 Å². The van der Waals surface area contributed by atoms with Gasteiger partial charge >= 0.3 is 0 Å². The van der Waals surface area contributed by atoms with Gasteiger partial charge in [-0.05, 0) is 49.1 Å². The molecule has 2 aromatic carbocycles. The molecule has 0 unspecified atom stereocenters. The van der Waals surface area contributed by atoms with Crippen LogP contribution in [-0.2, 0) is 16.4 Å². The molecule has 3 rings (SSSR count). The summed E-state index contributed by atoms with van der Waals surface area (Å²) in [6.45, 7) is 7.24. The van der Waals surface area contributed by atoms with Crippen LogP contribution in [0.1, 0.15) is 16.7 Å². The molecular weight excluding hydrogens is 360 g/mol. The van der Waals surface area contributed by atoms with Gasteiger partial charge in [0.25, 0.3) is 0 Å². The maximum absolute atomic E-state index is 13.1. The Bertz CT molecular complexity index is 874. The Morgan fingerprint density at radius 1 is 0.963 bits per heavy atom. The summed E-state index contributed by atoms with van der Waals surface area (Å²) in [7, 11) is -1.88. The summed E-state index contributed by atoms with van der Waals surface area (Å²) >= 11 is 0. The standard InChI is InChI=1S/C21H28N2O3S/c1-17-16-21(18(2)15-20(17)26-3)27(24,25)23-13-11-22(12-14-23)10-9-19-7-5-4-6-8-19/h4-8,15-16H,9-14H2,1-3H3. The first-order chi connectivity index (χ1) is 12.9. The van der Waals surface area contributed by atoms with Crippen LogP contribution in [0.15, 0.2) is 47.4 Å². The third-order valence-corrected chi connectivity index (χ3v) is 7.24. The van der Waals surface area contributed by atoms with Crippen molar-refractivity contribution in [3.63, 3.8) is 0 Å². The molecule has 0 bridgehead atoms. The van der Waals surface area contributed by atoms with Crippen LogP contribution < -0.4 is 4.74 Å². The highest BCUT2D eigenvalue weighted by Crippen LogP contribution is 2.28. The largest absolute Gasteiger partial charge is 0.496 e. The second-order valence-corrected chi connectivity index (χ2v) is 8.98. The topological polar surface area (TPSA) is 49.9 Å². The molecule has 0 amide bonds. The molecule has 0 N–H and O–H groups in total. The monoisotopic (exact) mass is 388 g/mol. The number of ether oxygens (including phenoxy) is 1. The highest BCUT2D eigenvalue weighted by Gasteiger charge is 2.30. The van der Waals surface area contributed by atoms with E-state index in [1.165, 1.54) is 5.56 Å². The fourth-order valence-corrected chi connectivity index (χ4v) is 5.24. The van der Waals surface area contributed by atoms with E-state index in [0.29, 0.717) is 18.0 Å². The van der Waals surface area contributed by atoms with Crippen molar-refractivity contribution in [3.05, 3.63) is 59.2 Å². The molecule has 27 heavy (non-hydrogen) atoms. The van der Waals surface area contributed by atoms with Gasteiger partial charge in [0, 0.05) is 32.7 Å². The molecule has 0 saturated carbocycles. The van der Waals surface area contributed by atoms with E-state index >= 15 is 0 Å². The van der Waals surface area contributed by atoms with Crippen molar-refractivity contribution in [1.29, 1.82) is 0 Å². The highest BCUT2D eigenvalue weighted by molar-refractivity contribution is 7.89. The highest BCUT2D eigenvalue weighted by atomic mass is 32.2. The Kier molecular flexibility index (Phi) is 6.19. The van der Waals surface area contributed by atoms with Crippen LogP contribution in [0.2, 0.25) is 0 Å². The summed E-state index contributed by atoms with van der Waals surface area (Å²) in [6, 6.07) is 13.9. The lowest BCUT2D eigenvalue weighted by atomic mass is 10.1. The van der Waals surface area contributed by atoms with Gasteiger partial charge in [-0.25, -0.2) is 8.42 Å². The van der Waals surface area contributed by atoms with E-state index in [4.69, 9.17) is 4.74 Å². The summed E-state index contributed by atoms with van der Waals surface area (Å²) in [5.74, 6) is 0.720. The first-order valence-corrected chi connectivity index (χ1v) is 10.8. The number of sulfonamides is 1. The van der Waals surface area contributed by atoms with Crippen molar-refractivity contribution in [2.24, 2.45) is 0 Å². The first-order valence-electron chi connectivity index (χ1n) is 9.33. The minimum atomic E-state index is -3.48. The zero-order valence-corrected chi connectivity index (χ0v) is 17.1. The van der Waals surface area contributed by atoms with E-state index in [-0.39, 0.29) is 0 Å². The van der Waals surface area contributed by atoms with Gasteiger partial charge in [-0.1, -0.05) is 30.3 Å². The van der Waals surface area contributed by atoms with Crippen LogP contribution in [0.4, 0.5) is 0 Å². The average molecular weight is 389 g/mol. The van der Waals surface area contributed by atoms with Crippen molar-refractivity contribution in [2.75, 3.05) is 39.8 Å². The number of methoxy groups -OCH3 is 1. The maximum Gasteiger partial charge on any atom is 0.243 e. The zero-order valence-electron chi connectivity index (χ0n) is 16.3. The van der Waals surface area contributed by atoms with Crippen LogP contribution in [-0.4, -0.2) is 57.5 Å². The summed E-state index contributed by atoms with van der Waals surface area (Å²) in [4.78, 5) is 2.73. The number of hydrogen-bond donors (Lipinski definition) is 0. The molecule has 146 valence electrons. The molecule has 1 saturated heterocycles. The van der Waals surface area contributed by atoms with Crippen LogP contribution in [0.25, 0.3) is 0 Å². The van der Waals surface area contributed by atoms with Crippen molar-refractivity contribution < 1.29 is 13.2 Å². The SMILES string of the molecule is COc1cc(C)c(S(=O)(=O)N2CCN(CCc3ccccc3)CC2)cc1C. The quantitative estimate of drug-likeness (QED) is 0.764. The Labute approximate surface area is 162 Å². The van der Waals surface area contributed by atoms with Crippen molar-refractivity contribution in [2.45, 2.75) is 25.2 Å². The van der Waals surface area contributed by atoms with Crippen molar-refractivity contribution in [3.8, 4) is 5.75 Å². The third-order valence-electron chi connectivity index (χ3n) is 5.20. The van der Waals surface area contributed by atoms with Crippen molar-refractivity contribution in [1.82, 2.24) is 9.21 Å². The van der Waals surface area contributed by atoms with E-state index in [2.05, 4.69) is 29.2 Å². The van der Waals surface area contributed by atoms with Gasteiger partial charge in [0.15, 0.2) is 0 Å². The lowest BCUT2D eigenvalue weighted by Gasteiger charge is -2.34. The van der Waals surface area contributed by atoms with Gasteiger partial charge in [0.1, 0.15) is 5.75 Å². The molecule has 5 nitrogen and oxygen atoms in total. The van der Waals surface area contributed by atoms with Gasteiger partial charge in [-0.2, -0.15) is 4.31 Å². The molecule has 0 spiro atoms. The molecule has 2 aromatic rings. The van der Waals surface area contributed by atoms with Gasteiger partial charge in [-0.3, -0.25) is 0 Å². The predicted molar refractivity (Wildman–Crippen MR) is 108 cm³/mol. The third kappa shape index (κ3) is 4.51. The predicted octanol–water partition coefficient (Wildman–Crippen LogP) is 2.86. The minimum absolute atomic E-state index is 0.388. The fourth-order valence-electron chi connectivity index (χ4n) is 3.53. The summed E-state index contributed by atoms with van der Waals surface area (Å²) in [5.41, 5.74) is 2.88. The lowest BCUT2D eigenvalue weighted by molar-refractivity contribution is 0.190. The maximum atomic E-state index is 13.1. The molecule has 0 atom stereocenters. The van der Waals surface area contributed by atoms with E-state index in [9.17, 15) is 8.42 Å². The number of hydrogen-bond acceptors (Lipinski definition) is 4. The molecular formula is C21H28N2O3S. The Balaban J connectivity index is 1.64. The second-order valence-electron chi connectivity index (χ2n) is 7.07. The second kappa shape index (κ2) is 8.42. The summed E-state index contributed by atoms with van der Waals surface area (Å²) < 4.78 is 33.1. The Hall–Kier alpha value is -1.89. The van der Waals surface area contributed by atoms with Gasteiger partial charge in [-0.15, -0.1) is 0 Å². The number of piperazine rings is 1. The number of aryl methyl sites for hydroxylation is 2. The fraction of sp³-hybridized carbons (Fsp3) is 0.429. The molecule has 0 aromatic heterocycles. The first kappa shape index (κ1) is 19.9. The molecule has 0 radical (unpaired) electrons. The minimum Gasteiger partial charge on any atom is -0.496 e. The van der Waals surface area contributed by atoms with Gasteiger partial charge < -0.3 is 9.64 Å². The summed E-state index contributed by atoms with van der Waals surface area (Å²) in [5, 5.41) is 0. The van der Waals surface area contributed by atoms with Crippen LogP contribution in [0.5, 0.6) is 5.75 Å². The van der Waals surface area contributed by atoms with Gasteiger partial charge in [0.05, 0.1) is 12.0 Å². The van der Waals surface area contributed by atoms with Gasteiger partial charge in [0.2, 0.25) is 10.0 Å². The number of nitrogens with zero attached hydrogens (tertiary/aromatic N) is 2. The molecule has 1 aliphatic rings. The Morgan fingerprint density at radius 2 is 1.63 bits per heavy atom. The van der Waals surface area contributed by atoms with Crippen LogP contribution in [0.3, 0.4) is 0 Å². The normalized spacial score (nSPS) is 16.4. The molecule has 1 fully saturated rings. The smallest absolute Gasteiger partial charge is 0.243 e. The van der Waals surface area contributed by atoms with Crippen molar-refractivity contribution >= 4 is 10.0 Å². The summed E-state index contributed by atoms with van der Waals surface area (Å²) in [6.07, 6.45) is 0.990. The Morgan fingerprint density at radius 3 is 2.26 bits per heavy atom. The molecule has 1 heterocycles. The lowest BCUT2D eigenvalue weighted by Crippen LogP contribution is -2.49. The number of rotatable bonds is 6. The van der Waals surface area contributed by atoms with E-state index in [1.54, 1.807) is 23.5 Å². The zero-order chi connectivity index (χ0) is 19.4. The van der Waals surface area contributed by atoms with E-state index < -0.39 is 10.0 Å². The van der Waals surface area contributed by atoms with E-state index in [0.717, 1.165) is 42.9 Å². The van der Waals surface area contributed by atoms with Crippen LogP contribution in [0, 0.1) is 13.8 Å². The molecule has 0 aliphatic carbocycles. The van der Waals surface area contributed by atoms with E-state index in [1.807, 2.05) is 19.9 Å².